The first-order chi connectivity index (χ1) is 13.1. The maximum Gasteiger partial charge on any atom is 0.416 e. The van der Waals surface area contributed by atoms with Crippen LogP contribution in [0.5, 0.6) is 0 Å². The molecule has 0 heterocycles. The molecule has 0 radical (unpaired) electrons. The van der Waals surface area contributed by atoms with Crippen molar-refractivity contribution in [2.45, 2.75) is 6.18 Å². The SMILES string of the molecule is O=C(COC(=O)CNC(=O)c1cccc(F)c1)Nc1cccc(C(F)(F)F)c1. The van der Waals surface area contributed by atoms with Gasteiger partial charge in [-0.25, -0.2) is 4.39 Å². The van der Waals surface area contributed by atoms with Crippen molar-refractivity contribution >= 4 is 23.5 Å². The second-order valence-corrected chi connectivity index (χ2v) is 5.48. The molecule has 0 unspecified atom stereocenters. The van der Waals surface area contributed by atoms with Crippen molar-refractivity contribution in [3.05, 3.63) is 65.5 Å². The molecular weight excluding hydrogens is 384 g/mol. The fourth-order valence-electron chi connectivity index (χ4n) is 2.05. The monoisotopic (exact) mass is 398 g/mol. The van der Waals surface area contributed by atoms with E-state index >= 15 is 0 Å². The third-order valence-electron chi connectivity index (χ3n) is 3.32. The van der Waals surface area contributed by atoms with Gasteiger partial charge in [0.2, 0.25) is 0 Å². The zero-order chi connectivity index (χ0) is 20.7. The Balaban J connectivity index is 1.78. The van der Waals surface area contributed by atoms with E-state index in [9.17, 15) is 31.9 Å². The number of carbonyl (C=O) groups is 3. The normalized spacial score (nSPS) is 10.9. The van der Waals surface area contributed by atoms with E-state index in [4.69, 9.17) is 0 Å². The molecule has 148 valence electrons. The van der Waals surface area contributed by atoms with Crippen LogP contribution in [-0.4, -0.2) is 30.9 Å². The van der Waals surface area contributed by atoms with Gasteiger partial charge in [-0.1, -0.05) is 12.1 Å². The van der Waals surface area contributed by atoms with Gasteiger partial charge in [-0.15, -0.1) is 0 Å². The lowest BCUT2D eigenvalue weighted by molar-refractivity contribution is -0.146. The molecule has 2 N–H and O–H groups in total. The molecule has 0 atom stereocenters. The highest BCUT2D eigenvalue weighted by molar-refractivity contribution is 5.96. The van der Waals surface area contributed by atoms with Crippen LogP contribution in [0.4, 0.5) is 23.2 Å². The standard InChI is InChI=1S/C18H14F4N2O4/c19-13-5-1-3-11(7-13)17(27)23-9-16(26)28-10-15(25)24-14-6-2-4-12(8-14)18(20,21)22/h1-8H,9-10H2,(H,23,27)(H,24,25). The van der Waals surface area contributed by atoms with Gasteiger partial charge in [-0.3, -0.25) is 14.4 Å². The van der Waals surface area contributed by atoms with Crippen molar-refractivity contribution in [3.8, 4) is 0 Å². The molecule has 0 saturated heterocycles. The summed E-state index contributed by atoms with van der Waals surface area (Å²) >= 11 is 0. The summed E-state index contributed by atoms with van der Waals surface area (Å²) < 4.78 is 55.5. The predicted molar refractivity (Wildman–Crippen MR) is 89.8 cm³/mol. The molecule has 0 fully saturated rings. The van der Waals surface area contributed by atoms with Gasteiger partial charge in [-0.2, -0.15) is 13.2 Å². The van der Waals surface area contributed by atoms with Gasteiger partial charge < -0.3 is 15.4 Å². The summed E-state index contributed by atoms with van der Waals surface area (Å²) in [5.74, 6) is -3.15. The van der Waals surface area contributed by atoms with Gasteiger partial charge in [0.25, 0.3) is 11.8 Å². The van der Waals surface area contributed by atoms with Gasteiger partial charge >= 0.3 is 12.1 Å². The lowest BCUT2D eigenvalue weighted by Crippen LogP contribution is -2.32. The molecule has 0 bridgehead atoms. The molecule has 0 aliphatic rings. The Morgan fingerprint density at radius 2 is 1.71 bits per heavy atom. The minimum Gasteiger partial charge on any atom is -0.454 e. The number of anilines is 1. The van der Waals surface area contributed by atoms with E-state index in [1.54, 1.807) is 0 Å². The Bertz CT molecular complexity index is 884. The summed E-state index contributed by atoms with van der Waals surface area (Å²) in [5, 5.41) is 4.35. The van der Waals surface area contributed by atoms with E-state index in [0.717, 1.165) is 30.3 Å². The topological polar surface area (TPSA) is 84.5 Å². The lowest BCUT2D eigenvalue weighted by atomic mass is 10.2. The summed E-state index contributed by atoms with van der Waals surface area (Å²) in [4.78, 5) is 35.0. The molecular formula is C18H14F4N2O4. The molecule has 28 heavy (non-hydrogen) atoms. The zero-order valence-corrected chi connectivity index (χ0v) is 14.2. The average molecular weight is 398 g/mol. The minimum absolute atomic E-state index is 0.00455. The third-order valence-corrected chi connectivity index (χ3v) is 3.32. The van der Waals surface area contributed by atoms with Crippen molar-refractivity contribution in [1.82, 2.24) is 5.32 Å². The van der Waals surface area contributed by atoms with Gasteiger partial charge in [0, 0.05) is 11.3 Å². The molecule has 6 nitrogen and oxygen atoms in total. The van der Waals surface area contributed by atoms with Gasteiger partial charge in [0.15, 0.2) is 6.61 Å². The van der Waals surface area contributed by atoms with Crippen molar-refractivity contribution in [3.63, 3.8) is 0 Å². The first kappa shape index (κ1) is 20.9. The molecule has 0 aliphatic carbocycles. The number of nitrogens with one attached hydrogen (secondary N) is 2. The van der Waals surface area contributed by atoms with Crippen molar-refractivity contribution in [2.24, 2.45) is 0 Å². The summed E-state index contributed by atoms with van der Waals surface area (Å²) in [6.45, 7) is -1.34. The Morgan fingerprint density at radius 3 is 2.39 bits per heavy atom. The second-order valence-electron chi connectivity index (χ2n) is 5.48. The van der Waals surface area contributed by atoms with E-state index in [1.165, 1.54) is 18.2 Å². The van der Waals surface area contributed by atoms with Gasteiger partial charge in [0.05, 0.1) is 5.56 Å². The average Bonchev–Trinajstić information content (AvgIpc) is 2.64. The number of halogens is 4. The summed E-state index contributed by atoms with van der Waals surface area (Å²) in [6, 6.07) is 8.72. The Hall–Kier alpha value is -3.43. The smallest absolute Gasteiger partial charge is 0.416 e. The number of carbonyl (C=O) groups excluding carboxylic acids is 3. The van der Waals surface area contributed by atoms with Crippen LogP contribution < -0.4 is 10.6 Å². The van der Waals surface area contributed by atoms with Crippen LogP contribution in [0.2, 0.25) is 0 Å². The molecule has 10 heteroatoms. The highest BCUT2D eigenvalue weighted by Crippen LogP contribution is 2.30. The second kappa shape index (κ2) is 8.98. The highest BCUT2D eigenvalue weighted by Gasteiger charge is 2.30. The maximum absolute atomic E-state index is 13.0. The number of ether oxygens (including phenoxy) is 1. The minimum atomic E-state index is -4.56. The Kier molecular flexibility index (Phi) is 6.69. The van der Waals surface area contributed by atoms with Gasteiger partial charge in [0.1, 0.15) is 12.4 Å². The number of benzene rings is 2. The quantitative estimate of drug-likeness (QED) is 0.579. The van der Waals surface area contributed by atoms with E-state index in [0.29, 0.717) is 0 Å². The fourth-order valence-corrected chi connectivity index (χ4v) is 2.05. The molecule has 2 amide bonds. The van der Waals surface area contributed by atoms with E-state index in [2.05, 4.69) is 15.4 Å². The first-order valence-electron chi connectivity index (χ1n) is 7.81. The van der Waals surface area contributed by atoms with Crippen molar-refractivity contribution < 1.29 is 36.7 Å². The largest absolute Gasteiger partial charge is 0.454 e. The third kappa shape index (κ3) is 6.38. The Labute approximate surface area is 156 Å². The molecule has 0 saturated carbocycles. The summed E-state index contributed by atoms with van der Waals surface area (Å²) in [6.07, 6.45) is -4.56. The van der Waals surface area contributed by atoms with Crippen LogP contribution in [0.25, 0.3) is 0 Å². The highest BCUT2D eigenvalue weighted by atomic mass is 19.4. The predicted octanol–water partition coefficient (Wildman–Crippen LogP) is 2.76. The van der Waals surface area contributed by atoms with E-state index < -0.39 is 48.5 Å². The molecule has 2 aromatic rings. The van der Waals surface area contributed by atoms with Crippen LogP contribution in [-0.2, 0) is 20.5 Å². The van der Waals surface area contributed by atoms with Gasteiger partial charge in [-0.05, 0) is 36.4 Å². The first-order valence-corrected chi connectivity index (χ1v) is 7.81. The summed E-state index contributed by atoms with van der Waals surface area (Å²) in [5.41, 5.74) is -1.06. The number of esters is 1. The number of hydrogen-bond acceptors (Lipinski definition) is 4. The molecule has 0 aromatic heterocycles. The summed E-state index contributed by atoms with van der Waals surface area (Å²) in [7, 11) is 0. The number of rotatable bonds is 6. The van der Waals surface area contributed by atoms with Crippen molar-refractivity contribution in [1.29, 1.82) is 0 Å². The van der Waals surface area contributed by atoms with Crippen LogP contribution in [0.3, 0.4) is 0 Å². The number of alkyl halides is 3. The molecule has 2 aromatic carbocycles. The molecule has 0 aliphatic heterocycles. The van der Waals surface area contributed by atoms with Crippen LogP contribution >= 0.6 is 0 Å². The number of hydrogen-bond donors (Lipinski definition) is 2. The van der Waals surface area contributed by atoms with Crippen LogP contribution in [0.15, 0.2) is 48.5 Å². The van der Waals surface area contributed by atoms with Crippen molar-refractivity contribution in [2.75, 3.05) is 18.5 Å². The molecule has 2 rings (SSSR count). The van der Waals surface area contributed by atoms with Crippen LogP contribution in [0, 0.1) is 5.82 Å². The Morgan fingerprint density at radius 1 is 1.00 bits per heavy atom. The van der Waals surface area contributed by atoms with E-state index in [1.807, 2.05) is 0 Å². The molecule has 0 spiro atoms. The lowest BCUT2D eigenvalue weighted by Gasteiger charge is -2.10. The van der Waals surface area contributed by atoms with E-state index in [-0.39, 0.29) is 11.3 Å². The fraction of sp³-hybridized carbons (Fsp3) is 0.167. The maximum atomic E-state index is 13.0. The number of amides is 2. The van der Waals surface area contributed by atoms with Crippen LogP contribution in [0.1, 0.15) is 15.9 Å². The zero-order valence-electron chi connectivity index (χ0n) is 14.2.